The Kier molecular flexibility index (Phi) is 3.49. The third-order valence-electron chi connectivity index (χ3n) is 2.48. The Bertz CT molecular complexity index is 418. The Morgan fingerprint density at radius 3 is 3.24 bits per heavy atom. The highest BCUT2D eigenvalue weighted by molar-refractivity contribution is 5.98. The van der Waals surface area contributed by atoms with Crippen LogP contribution in [0.1, 0.15) is 17.3 Å². The summed E-state index contributed by atoms with van der Waals surface area (Å²) in [6.45, 7) is 3.15. The van der Waals surface area contributed by atoms with Gasteiger partial charge in [-0.1, -0.05) is 6.07 Å². The Balaban J connectivity index is 2.17. The molecule has 0 saturated carbocycles. The van der Waals surface area contributed by atoms with Crippen LogP contribution in [0, 0.1) is 0 Å². The molecule has 1 aliphatic heterocycles. The van der Waals surface area contributed by atoms with Crippen molar-refractivity contribution in [1.82, 2.24) is 5.32 Å². The van der Waals surface area contributed by atoms with Gasteiger partial charge in [0.2, 0.25) is 0 Å². The first-order chi connectivity index (χ1) is 8.18. The van der Waals surface area contributed by atoms with Gasteiger partial charge in [-0.05, 0) is 19.1 Å². The van der Waals surface area contributed by atoms with E-state index in [9.17, 15) is 4.79 Å². The number of aliphatic hydroxyl groups is 1. The first-order valence-corrected chi connectivity index (χ1v) is 5.64. The first kappa shape index (κ1) is 11.7. The number of benzene rings is 1. The average Bonchev–Trinajstić information content (AvgIpc) is 2.35. The molecule has 1 unspecified atom stereocenters. The summed E-state index contributed by atoms with van der Waals surface area (Å²) >= 11 is 0. The molecule has 5 nitrogen and oxygen atoms in total. The van der Waals surface area contributed by atoms with Crippen LogP contribution in [-0.4, -0.2) is 36.8 Å². The van der Waals surface area contributed by atoms with E-state index in [0.717, 1.165) is 12.2 Å². The minimum absolute atomic E-state index is 0.230. The molecule has 1 atom stereocenters. The lowest BCUT2D eigenvalue weighted by molar-refractivity contribution is 0.0920. The smallest absolute Gasteiger partial charge is 0.255 e. The van der Waals surface area contributed by atoms with Gasteiger partial charge in [0.15, 0.2) is 5.75 Å². The molecule has 0 bridgehead atoms. The van der Waals surface area contributed by atoms with E-state index >= 15 is 0 Å². The van der Waals surface area contributed by atoms with Gasteiger partial charge in [-0.25, -0.2) is 0 Å². The van der Waals surface area contributed by atoms with Crippen LogP contribution >= 0.6 is 0 Å². The van der Waals surface area contributed by atoms with Gasteiger partial charge < -0.3 is 20.5 Å². The number of para-hydroxylation sites is 1. The zero-order valence-electron chi connectivity index (χ0n) is 9.69. The zero-order chi connectivity index (χ0) is 12.3. The van der Waals surface area contributed by atoms with Gasteiger partial charge in [0.25, 0.3) is 5.91 Å². The molecule has 0 saturated heterocycles. The zero-order valence-corrected chi connectivity index (χ0v) is 9.69. The molecule has 1 aromatic rings. The van der Waals surface area contributed by atoms with E-state index in [1.54, 1.807) is 19.1 Å². The highest BCUT2D eigenvalue weighted by Gasteiger charge is 2.18. The molecule has 1 amide bonds. The molecule has 92 valence electrons. The predicted molar refractivity (Wildman–Crippen MR) is 64.4 cm³/mol. The fourth-order valence-electron chi connectivity index (χ4n) is 1.68. The van der Waals surface area contributed by atoms with E-state index in [1.807, 2.05) is 6.07 Å². The molecule has 5 heteroatoms. The van der Waals surface area contributed by atoms with Gasteiger partial charge in [0, 0.05) is 13.1 Å². The molecule has 2 rings (SSSR count). The van der Waals surface area contributed by atoms with Gasteiger partial charge in [-0.2, -0.15) is 0 Å². The molecule has 17 heavy (non-hydrogen) atoms. The molecule has 3 N–H and O–H groups in total. The number of aliphatic hydroxyl groups excluding tert-OH is 1. The molecule has 1 aliphatic rings. The van der Waals surface area contributed by atoms with Crippen molar-refractivity contribution in [3.8, 4) is 5.75 Å². The third-order valence-corrected chi connectivity index (χ3v) is 2.48. The van der Waals surface area contributed by atoms with Gasteiger partial charge in [-0.15, -0.1) is 0 Å². The molecule has 1 aromatic carbocycles. The molecule has 0 fully saturated rings. The molecule has 0 aromatic heterocycles. The maximum absolute atomic E-state index is 11.9. The third kappa shape index (κ3) is 2.68. The van der Waals surface area contributed by atoms with Crippen molar-refractivity contribution >= 4 is 11.6 Å². The highest BCUT2D eigenvalue weighted by Crippen LogP contribution is 2.30. The van der Waals surface area contributed by atoms with E-state index in [-0.39, 0.29) is 12.5 Å². The molecule has 0 radical (unpaired) electrons. The number of rotatable bonds is 3. The SMILES string of the molecule is CC(O)CNC(=O)c1cccc2c1OCCN2. The van der Waals surface area contributed by atoms with E-state index in [0.29, 0.717) is 17.9 Å². The summed E-state index contributed by atoms with van der Waals surface area (Å²) < 4.78 is 5.50. The highest BCUT2D eigenvalue weighted by atomic mass is 16.5. The quantitative estimate of drug-likeness (QED) is 0.719. The van der Waals surface area contributed by atoms with Crippen LogP contribution in [0.3, 0.4) is 0 Å². The normalized spacial score (nSPS) is 15.2. The Morgan fingerprint density at radius 1 is 1.65 bits per heavy atom. The molecular formula is C12H16N2O3. The minimum Gasteiger partial charge on any atom is -0.489 e. The van der Waals surface area contributed by atoms with E-state index in [4.69, 9.17) is 9.84 Å². The van der Waals surface area contributed by atoms with Crippen LogP contribution in [0.2, 0.25) is 0 Å². The van der Waals surface area contributed by atoms with Crippen molar-refractivity contribution in [3.05, 3.63) is 23.8 Å². The summed E-state index contributed by atoms with van der Waals surface area (Å²) in [7, 11) is 0. The Hall–Kier alpha value is -1.75. The summed E-state index contributed by atoms with van der Waals surface area (Å²) in [5, 5.41) is 14.9. The van der Waals surface area contributed by atoms with Crippen LogP contribution in [0.15, 0.2) is 18.2 Å². The Morgan fingerprint density at radius 2 is 2.47 bits per heavy atom. The van der Waals surface area contributed by atoms with Crippen LogP contribution in [0.4, 0.5) is 5.69 Å². The lowest BCUT2D eigenvalue weighted by atomic mass is 10.1. The van der Waals surface area contributed by atoms with Gasteiger partial charge in [0.1, 0.15) is 6.61 Å². The number of carbonyl (C=O) groups is 1. The van der Waals surface area contributed by atoms with Gasteiger partial charge >= 0.3 is 0 Å². The summed E-state index contributed by atoms with van der Waals surface area (Å²) in [6.07, 6.45) is -0.558. The number of fused-ring (bicyclic) bond motifs is 1. The number of nitrogens with one attached hydrogen (secondary N) is 2. The number of ether oxygens (including phenoxy) is 1. The van der Waals surface area contributed by atoms with E-state index < -0.39 is 6.10 Å². The van der Waals surface area contributed by atoms with Gasteiger partial charge in [-0.3, -0.25) is 4.79 Å². The molecular weight excluding hydrogens is 220 g/mol. The van der Waals surface area contributed by atoms with Crippen molar-refractivity contribution in [2.45, 2.75) is 13.0 Å². The van der Waals surface area contributed by atoms with Crippen LogP contribution in [-0.2, 0) is 0 Å². The molecule has 1 heterocycles. The minimum atomic E-state index is -0.558. The summed E-state index contributed by atoms with van der Waals surface area (Å²) in [5.74, 6) is 0.355. The summed E-state index contributed by atoms with van der Waals surface area (Å²) in [4.78, 5) is 11.9. The number of hydrogen-bond donors (Lipinski definition) is 3. The summed E-state index contributed by atoms with van der Waals surface area (Å²) in [6, 6.07) is 5.39. The Labute approximate surface area is 99.8 Å². The maximum atomic E-state index is 11.9. The second kappa shape index (κ2) is 5.05. The fraction of sp³-hybridized carbons (Fsp3) is 0.417. The van der Waals surface area contributed by atoms with Gasteiger partial charge in [0.05, 0.1) is 17.4 Å². The molecule has 0 spiro atoms. The lowest BCUT2D eigenvalue weighted by Crippen LogP contribution is -2.31. The number of amides is 1. The fourth-order valence-corrected chi connectivity index (χ4v) is 1.68. The average molecular weight is 236 g/mol. The van der Waals surface area contributed by atoms with Crippen LogP contribution < -0.4 is 15.4 Å². The number of anilines is 1. The topological polar surface area (TPSA) is 70.6 Å². The maximum Gasteiger partial charge on any atom is 0.255 e. The van der Waals surface area contributed by atoms with Crippen molar-refractivity contribution < 1.29 is 14.6 Å². The largest absolute Gasteiger partial charge is 0.489 e. The monoisotopic (exact) mass is 236 g/mol. The molecule has 0 aliphatic carbocycles. The van der Waals surface area contributed by atoms with Crippen molar-refractivity contribution in [2.24, 2.45) is 0 Å². The van der Waals surface area contributed by atoms with E-state index in [2.05, 4.69) is 10.6 Å². The van der Waals surface area contributed by atoms with Crippen molar-refractivity contribution in [1.29, 1.82) is 0 Å². The number of hydrogen-bond acceptors (Lipinski definition) is 4. The lowest BCUT2D eigenvalue weighted by Gasteiger charge is -2.21. The second-order valence-corrected chi connectivity index (χ2v) is 4.02. The van der Waals surface area contributed by atoms with E-state index in [1.165, 1.54) is 0 Å². The standard InChI is InChI=1S/C12H16N2O3/c1-8(15)7-14-12(16)9-3-2-4-10-11(9)17-6-5-13-10/h2-4,8,13,15H,5-7H2,1H3,(H,14,16). The van der Waals surface area contributed by atoms with Crippen LogP contribution in [0.5, 0.6) is 5.75 Å². The number of carbonyl (C=O) groups excluding carboxylic acids is 1. The van der Waals surface area contributed by atoms with Crippen LogP contribution in [0.25, 0.3) is 0 Å². The predicted octanol–water partition coefficient (Wildman–Crippen LogP) is 0.602. The van der Waals surface area contributed by atoms with Crippen molar-refractivity contribution in [2.75, 3.05) is 25.0 Å². The van der Waals surface area contributed by atoms with Crippen molar-refractivity contribution in [3.63, 3.8) is 0 Å². The second-order valence-electron chi connectivity index (χ2n) is 4.02. The summed E-state index contributed by atoms with van der Waals surface area (Å²) in [5.41, 5.74) is 1.33. The first-order valence-electron chi connectivity index (χ1n) is 5.64.